The molecule has 1 amide bonds. The number of ketones is 1. The maximum Gasteiger partial charge on any atom is 0.272 e. The van der Waals surface area contributed by atoms with Crippen molar-refractivity contribution in [2.24, 2.45) is 10.7 Å². The Morgan fingerprint density at radius 1 is 1.31 bits per heavy atom. The molecule has 1 aromatic heterocycles. The van der Waals surface area contributed by atoms with Gasteiger partial charge in [-0.3, -0.25) is 9.59 Å². The second-order valence-electron chi connectivity index (χ2n) is 9.38. The summed E-state index contributed by atoms with van der Waals surface area (Å²) >= 11 is 1.42. The SMILES string of the molecule is C=NC(=O)C=C(NCC(N)=C(CCC)C(=O)[C@H]1CCCc2sc(N)c(C#N)c21)N1CCCN(C)CC1. The van der Waals surface area contributed by atoms with Crippen LogP contribution in [0.5, 0.6) is 0 Å². The van der Waals surface area contributed by atoms with E-state index in [0.29, 0.717) is 40.5 Å². The van der Waals surface area contributed by atoms with Crippen LogP contribution >= 0.6 is 11.3 Å². The summed E-state index contributed by atoms with van der Waals surface area (Å²) in [5.74, 6) is -0.237. The van der Waals surface area contributed by atoms with Gasteiger partial charge in [-0.2, -0.15) is 5.26 Å². The molecular formula is C26H37N7O2S. The fraction of sp³-hybridized carbons (Fsp3) is 0.538. The number of hydrogen-bond acceptors (Lipinski definition) is 9. The first-order valence-electron chi connectivity index (χ1n) is 12.5. The average molecular weight is 512 g/mol. The number of aliphatic imine (C=N–C) groups is 1. The molecule has 9 nitrogen and oxygen atoms in total. The van der Waals surface area contributed by atoms with Crippen molar-refractivity contribution in [3.8, 4) is 6.07 Å². The monoisotopic (exact) mass is 511 g/mol. The lowest BCUT2D eigenvalue weighted by Gasteiger charge is -2.27. The number of nitrogen functional groups attached to an aromatic ring is 1. The average Bonchev–Trinajstić information content (AvgIpc) is 3.05. The number of anilines is 1. The smallest absolute Gasteiger partial charge is 0.272 e. The van der Waals surface area contributed by atoms with Gasteiger partial charge in [-0.1, -0.05) is 13.3 Å². The van der Waals surface area contributed by atoms with Gasteiger partial charge in [0.1, 0.15) is 16.9 Å². The van der Waals surface area contributed by atoms with Crippen molar-refractivity contribution >= 4 is 34.7 Å². The first-order chi connectivity index (χ1) is 17.3. The Labute approximate surface area is 217 Å². The van der Waals surface area contributed by atoms with Gasteiger partial charge in [-0.15, -0.1) is 11.3 Å². The van der Waals surface area contributed by atoms with Gasteiger partial charge in [0.2, 0.25) is 0 Å². The Balaban J connectivity index is 1.86. The number of fused-ring (bicyclic) bond motifs is 1. The maximum absolute atomic E-state index is 13.8. The van der Waals surface area contributed by atoms with Gasteiger partial charge < -0.3 is 26.6 Å². The van der Waals surface area contributed by atoms with Crippen LogP contribution in [-0.2, 0) is 16.0 Å². The molecule has 0 spiro atoms. The van der Waals surface area contributed by atoms with E-state index in [1.807, 2.05) is 6.92 Å². The van der Waals surface area contributed by atoms with Crippen LogP contribution in [0.4, 0.5) is 5.00 Å². The van der Waals surface area contributed by atoms with E-state index in [9.17, 15) is 14.9 Å². The zero-order valence-electron chi connectivity index (χ0n) is 21.3. The number of nitrogens with two attached hydrogens (primary N) is 2. The third-order valence-corrected chi connectivity index (χ3v) is 7.94. The van der Waals surface area contributed by atoms with Crippen LogP contribution in [0.15, 0.2) is 28.2 Å². The Bertz CT molecular complexity index is 1100. The van der Waals surface area contributed by atoms with Gasteiger partial charge in [-0.05, 0) is 58.0 Å². The van der Waals surface area contributed by atoms with Crippen molar-refractivity contribution in [2.75, 3.05) is 45.5 Å². The van der Waals surface area contributed by atoms with E-state index >= 15 is 0 Å². The standard InChI is InChI=1S/C26H37N7O2S/c1-4-7-17(25(35)18-8-5-9-21-24(18)19(15-27)26(29)36-21)20(28)16-31-22(14-23(34)30-2)33-11-6-10-32(3)12-13-33/h14,18,31H,2,4-13,16,28-29H2,1,3H3/t18-/m0/s1. The molecule has 1 aliphatic heterocycles. The number of likely N-dealkylation sites (N-methyl/N-ethyl adjacent to an activating group) is 1. The number of nitrogens with zero attached hydrogens (tertiary/aromatic N) is 4. The van der Waals surface area contributed by atoms with E-state index in [-0.39, 0.29) is 12.3 Å². The van der Waals surface area contributed by atoms with E-state index in [2.05, 4.69) is 39.9 Å². The van der Waals surface area contributed by atoms with E-state index in [0.717, 1.165) is 62.3 Å². The summed E-state index contributed by atoms with van der Waals surface area (Å²) in [5, 5.41) is 13.5. The Kier molecular flexibility index (Phi) is 9.67. The first-order valence-corrected chi connectivity index (χ1v) is 13.3. The number of nitrogens with one attached hydrogen (secondary N) is 1. The van der Waals surface area contributed by atoms with Crippen LogP contribution < -0.4 is 16.8 Å². The number of amides is 1. The summed E-state index contributed by atoms with van der Waals surface area (Å²) in [5.41, 5.74) is 14.9. The molecule has 0 unspecified atom stereocenters. The molecule has 2 aliphatic rings. The molecule has 1 fully saturated rings. The Morgan fingerprint density at radius 2 is 2.08 bits per heavy atom. The van der Waals surface area contributed by atoms with Gasteiger partial charge in [0.15, 0.2) is 5.78 Å². The number of rotatable bonds is 9. The highest BCUT2D eigenvalue weighted by Crippen LogP contribution is 2.43. The van der Waals surface area contributed by atoms with Crippen LogP contribution in [0.1, 0.15) is 60.9 Å². The van der Waals surface area contributed by atoms with Crippen molar-refractivity contribution < 1.29 is 9.59 Å². The second kappa shape index (κ2) is 12.7. The molecule has 2 heterocycles. The van der Waals surface area contributed by atoms with Gasteiger partial charge in [0.25, 0.3) is 5.91 Å². The Morgan fingerprint density at radius 3 is 2.78 bits per heavy atom. The number of thiophene rings is 1. The molecule has 0 aromatic carbocycles. The lowest BCUT2D eigenvalue weighted by molar-refractivity contribution is -0.117. The normalized spacial score (nSPS) is 19.5. The topological polar surface area (TPSA) is 141 Å². The summed E-state index contributed by atoms with van der Waals surface area (Å²) in [6.45, 7) is 8.97. The minimum atomic E-state index is -0.434. The van der Waals surface area contributed by atoms with Crippen LogP contribution in [0.2, 0.25) is 0 Å². The second-order valence-corrected chi connectivity index (χ2v) is 10.5. The minimum Gasteiger partial charge on any atom is -0.400 e. The minimum absolute atomic E-state index is 0.0304. The number of Topliss-reactive ketones (excluding diaryl/α,β-unsaturated/α-hetero) is 1. The van der Waals surface area contributed by atoms with E-state index in [1.165, 1.54) is 17.4 Å². The summed E-state index contributed by atoms with van der Waals surface area (Å²) in [6, 6.07) is 2.21. The van der Waals surface area contributed by atoms with Gasteiger partial charge in [0, 0.05) is 47.8 Å². The van der Waals surface area contributed by atoms with Gasteiger partial charge >= 0.3 is 0 Å². The van der Waals surface area contributed by atoms with E-state index in [1.54, 1.807) is 0 Å². The van der Waals surface area contributed by atoms with Gasteiger partial charge in [0.05, 0.1) is 12.1 Å². The third kappa shape index (κ3) is 6.33. The predicted octanol–water partition coefficient (Wildman–Crippen LogP) is 2.50. The number of hydrogen-bond donors (Lipinski definition) is 3. The maximum atomic E-state index is 13.8. The van der Waals surface area contributed by atoms with Crippen LogP contribution in [0, 0.1) is 11.3 Å². The fourth-order valence-corrected chi connectivity index (χ4v) is 6.08. The van der Waals surface area contributed by atoms with E-state index < -0.39 is 11.8 Å². The molecule has 1 saturated heterocycles. The molecule has 3 rings (SSSR count). The molecule has 0 bridgehead atoms. The largest absolute Gasteiger partial charge is 0.400 e. The summed E-state index contributed by atoms with van der Waals surface area (Å²) < 4.78 is 0. The van der Waals surface area contributed by atoms with Crippen LogP contribution in [-0.4, -0.2) is 68.0 Å². The van der Waals surface area contributed by atoms with Crippen LogP contribution in [0.25, 0.3) is 0 Å². The fourth-order valence-electron chi connectivity index (χ4n) is 4.95. The molecule has 0 saturated carbocycles. The number of aryl methyl sites for hydroxylation is 1. The molecule has 1 atom stereocenters. The summed E-state index contributed by atoms with van der Waals surface area (Å²) in [6.07, 6.45) is 6.09. The molecule has 10 heteroatoms. The zero-order chi connectivity index (χ0) is 26.2. The molecule has 1 aliphatic carbocycles. The van der Waals surface area contributed by atoms with Crippen molar-refractivity contribution in [3.05, 3.63) is 39.2 Å². The van der Waals surface area contributed by atoms with Crippen molar-refractivity contribution in [1.29, 1.82) is 5.26 Å². The number of carbonyl (C=O) groups is 2. The highest BCUT2D eigenvalue weighted by atomic mass is 32.1. The number of nitriles is 1. The highest BCUT2D eigenvalue weighted by molar-refractivity contribution is 7.16. The molecular weight excluding hydrogens is 474 g/mol. The molecule has 1 aromatic rings. The lowest BCUT2D eigenvalue weighted by Crippen LogP contribution is -2.37. The van der Waals surface area contributed by atoms with Gasteiger partial charge in [-0.25, -0.2) is 4.99 Å². The predicted molar refractivity (Wildman–Crippen MR) is 145 cm³/mol. The highest BCUT2D eigenvalue weighted by Gasteiger charge is 2.34. The molecule has 194 valence electrons. The lowest BCUT2D eigenvalue weighted by atomic mass is 9.79. The third-order valence-electron chi connectivity index (χ3n) is 6.84. The molecule has 36 heavy (non-hydrogen) atoms. The van der Waals surface area contributed by atoms with E-state index in [4.69, 9.17) is 11.5 Å². The summed E-state index contributed by atoms with van der Waals surface area (Å²) in [7, 11) is 2.08. The van der Waals surface area contributed by atoms with Crippen molar-refractivity contribution in [1.82, 2.24) is 15.1 Å². The quantitative estimate of drug-likeness (QED) is 0.339. The summed E-state index contributed by atoms with van der Waals surface area (Å²) in [4.78, 5) is 34.8. The Hall–Kier alpha value is -3.16. The van der Waals surface area contributed by atoms with Crippen molar-refractivity contribution in [2.45, 2.75) is 51.4 Å². The molecule has 0 radical (unpaired) electrons. The first kappa shape index (κ1) is 27.4. The van der Waals surface area contributed by atoms with Crippen molar-refractivity contribution in [3.63, 3.8) is 0 Å². The number of carbonyl (C=O) groups excluding carboxylic acids is 2. The van der Waals surface area contributed by atoms with Crippen LogP contribution in [0.3, 0.4) is 0 Å². The zero-order valence-corrected chi connectivity index (χ0v) is 22.1. The number of allylic oxidation sites excluding steroid dienone is 1. The molecule has 5 N–H and O–H groups in total.